The molecule has 0 radical (unpaired) electrons. The Hall–Kier alpha value is -2.59. The lowest BCUT2D eigenvalue weighted by Crippen LogP contribution is -2.33. The molecule has 0 saturated carbocycles. The minimum absolute atomic E-state index is 0.194. The first-order valence-electron chi connectivity index (χ1n) is 14.1. The van der Waals surface area contributed by atoms with Crippen molar-refractivity contribution >= 4 is 22.1 Å². The standard InChI is InChI=1S/C29H44O9S/c1-3-4-5-6-7-8-9-10-11-12-13-14-15-16-25(31)36-21-24(30)27-26(32)28(29(33)37-27)38-39(34,35)23-19-17-22(2)18-20-23/h17-20,24,27,30,32H,3-16,21H2,1-2H3/t24-,27+/m0/s1. The molecule has 0 unspecified atom stereocenters. The fraction of sp³-hybridized carbons (Fsp3) is 0.655. The molecule has 0 saturated heterocycles. The van der Waals surface area contributed by atoms with E-state index in [0.29, 0.717) is 6.42 Å². The summed E-state index contributed by atoms with van der Waals surface area (Å²) in [7, 11) is -4.41. The lowest BCUT2D eigenvalue weighted by molar-refractivity contribution is -0.154. The Morgan fingerprint density at radius 3 is 1.97 bits per heavy atom. The van der Waals surface area contributed by atoms with Crippen molar-refractivity contribution in [2.75, 3.05) is 6.61 Å². The Bertz CT molecular complexity index is 1030. The molecule has 0 bridgehead atoms. The van der Waals surface area contributed by atoms with Gasteiger partial charge in [-0.2, -0.15) is 8.42 Å². The van der Waals surface area contributed by atoms with E-state index in [2.05, 4.69) is 6.92 Å². The SMILES string of the molecule is CCCCCCCCCCCCCCCC(=O)OC[C@H](O)[C@H]1OC(=O)C(OS(=O)(=O)c2ccc(C)cc2)=C1O. The second-order valence-electron chi connectivity index (χ2n) is 10.1. The third kappa shape index (κ3) is 11.6. The van der Waals surface area contributed by atoms with Crippen LogP contribution < -0.4 is 0 Å². The highest BCUT2D eigenvalue weighted by Crippen LogP contribution is 2.28. The number of aliphatic hydroxyl groups is 2. The summed E-state index contributed by atoms with van der Waals surface area (Å²) in [4.78, 5) is 23.9. The van der Waals surface area contributed by atoms with Gasteiger partial charge in [-0.05, 0) is 25.5 Å². The van der Waals surface area contributed by atoms with Crippen LogP contribution in [0.3, 0.4) is 0 Å². The van der Waals surface area contributed by atoms with Crippen LogP contribution in [0.1, 0.15) is 102 Å². The predicted octanol–water partition coefficient (Wildman–Crippen LogP) is 5.78. The van der Waals surface area contributed by atoms with E-state index in [1.165, 1.54) is 69.9 Å². The fourth-order valence-corrected chi connectivity index (χ4v) is 5.22. The molecule has 1 aliphatic rings. The molecule has 0 amide bonds. The van der Waals surface area contributed by atoms with Gasteiger partial charge in [0.25, 0.3) is 5.76 Å². The van der Waals surface area contributed by atoms with Gasteiger partial charge in [0, 0.05) is 6.42 Å². The number of carbonyl (C=O) groups is 2. The van der Waals surface area contributed by atoms with Crippen LogP contribution in [-0.4, -0.2) is 49.4 Å². The molecule has 9 nitrogen and oxygen atoms in total. The van der Waals surface area contributed by atoms with E-state index >= 15 is 0 Å². The summed E-state index contributed by atoms with van der Waals surface area (Å²) in [6.45, 7) is 3.47. The monoisotopic (exact) mass is 568 g/mol. The van der Waals surface area contributed by atoms with Crippen LogP contribution in [0.2, 0.25) is 0 Å². The summed E-state index contributed by atoms with van der Waals surface area (Å²) in [6, 6.07) is 5.70. The third-order valence-electron chi connectivity index (χ3n) is 6.67. The molecule has 39 heavy (non-hydrogen) atoms. The zero-order valence-electron chi connectivity index (χ0n) is 23.2. The number of hydrogen-bond acceptors (Lipinski definition) is 9. The summed E-state index contributed by atoms with van der Waals surface area (Å²) >= 11 is 0. The Balaban J connectivity index is 1.63. The van der Waals surface area contributed by atoms with Gasteiger partial charge < -0.3 is 23.9 Å². The molecule has 2 atom stereocenters. The van der Waals surface area contributed by atoms with Crippen molar-refractivity contribution in [3.8, 4) is 0 Å². The number of ether oxygens (including phenoxy) is 2. The smallest absolute Gasteiger partial charge is 0.380 e. The molecule has 0 fully saturated rings. The second-order valence-corrected chi connectivity index (χ2v) is 11.7. The van der Waals surface area contributed by atoms with E-state index in [4.69, 9.17) is 13.7 Å². The maximum absolute atomic E-state index is 12.4. The molecular weight excluding hydrogens is 524 g/mol. The molecule has 220 valence electrons. The molecule has 1 aromatic rings. The first-order valence-corrected chi connectivity index (χ1v) is 15.6. The average molecular weight is 569 g/mol. The molecule has 1 aliphatic heterocycles. The number of carbonyl (C=O) groups excluding carboxylic acids is 2. The normalized spacial score (nSPS) is 16.3. The van der Waals surface area contributed by atoms with Gasteiger partial charge in [0.05, 0.1) is 0 Å². The molecule has 10 heteroatoms. The minimum Gasteiger partial charge on any atom is -0.505 e. The maximum Gasteiger partial charge on any atom is 0.380 e. The van der Waals surface area contributed by atoms with Crippen LogP contribution in [0.5, 0.6) is 0 Å². The average Bonchev–Trinajstić information content (AvgIpc) is 3.18. The van der Waals surface area contributed by atoms with Crippen LogP contribution in [0.4, 0.5) is 0 Å². The van der Waals surface area contributed by atoms with Gasteiger partial charge in [-0.15, -0.1) is 0 Å². The van der Waals surface area contributed by atoms with Gasteiger partial charge in [0.2, 0.25) is 0 Å². The van der Waals surface area contributed by atoms with Crippen LogP contribution >= 0.6 is 0 Å². The predicted molar refractivity (Wildman–Crippen MR) is 146 cm³/mol. The number of unbranched alkanes of at least 4 members (excludes halogenated alkanes) is 12. The zero-order valence-corrected chi connectivity index (χ0v) is 24.0. The fourth-order valence-electron chi connectivity index (χ4n) is 4.28. The van der Waals surface area contributed by atoms with Gasteiger partial charge in [0.1, 0.15) is 17.6 Å². The van der Waals surface area contributed by atoms with Gasteiger partial charge in [0.15, 0.2) is 11.9 Å². The number of benzene rings is 1. The topological polar surface area (TPSA) is 136 Å². The number of aryl methyl sites for hydroxylation is 1. The first-order chi connectivity index (χ1) is 18.7. The van der Waals surface area contributed by atoms with E-state index in [1.54, 1.807) is 19.1 Å². The van der Waals surface area contributed by atoms with Crippen LogP contribution in [-0.2, 0) is 33.4 Å². The molecule has 2 N–H and O–H groups in total. The number of rotatable bonds is 20. The second kappa shape index (κ2) is 17.2. The van der Waals surface area contributed by atoms with Crippen molar-refractivity contribution in [2.45, 2.75) is 121 Å². The molecule has 1 heterocycles. The molecule has 0 aromatic heterocycles. The lowest BCUT2D eigenvalue weighted by atomic mass is 10.0. The van der Waals surface area contributed by atoms with Gasteiger partial charge in [-0.1, -0.05) is 102 Å². The largest absolute Gasteiger partial charge is 0.505 e. The molecule has 0 aliphatic carbocycles. The maximum atomic E-state index is 12.4. The van der Waals surface area contributed by atoms with Crippen LogP contribution in [0.15, 0.2) is 40.7 Å². The summed E-state index contributed by atoms with van der Waals surface area (Å²) in [5, 5.41) is 20.6. The Labute approximate surface area is 232 Å². The van der Waals surface area contributed by atoms with Crippen molar-refractivity contribution < 1.29 is 41.9 Å². The Morgan fingerprint density at radius 2 is 1.44 bits per heavy atom. The van der Waals surface area contributed by atoms with E-state index in [9.17, 15) is 28.2 Å². The van der Waals surface area contributed by atoms with Crippen molar-refractivity contribution in [1.82, 2.24) is 0 Å². The van der Waals surface area contributed by atoms with E-state index in [-0.39, 0.29) is 11.3 Å². The summed E-state index contributed by atoms with van der Waals surface area (Å²) in [5.74, 6) is -3.57. The summed E-state index contributed by atoms with van der Waals surface area (Å²) in [6.07, 6.45) is 12.5. The molecule has 2 rings (SSSR count). The number of hydrogen-bond donors (Lipinski definition) is 2. The quantitative estimate of drug-likeness (QED) is 0.114. The zero-order chi connectivity index (χ0) is 28.7. The van der Waals surface area contributed by atoms with Gasteiger partial charge in [-0.25, -0.2) is 4.79 Å². The summed E-state index contributed by atoms with van der Waals surface area (Å²) < 4.78 is 39.6. The molecular formula is C29H44O9S. The van der Waals surface area contributed by atoms with Gasteiger partial charge >= 0.3 is 22.1 Å². The molecule has 0 spiro atoms. The third-order valence-corrected chi connectivity index (χ3v) is 7.91. The minimum atomic E-state index is -4.41. The van der Waals surface area contributed by atoms with Crippen molar-refractivity contribution in [3.63, 3.8) is 0 Å². The molecule has 1 aromatic carbocycles. The van der Waals surface area contributed by atoms with Crippen LogP contribution in [0, 0.1) is 6.92 Å². The van der Waals surface area contributed by atoms with E-state index in [0.717, 1.165) is 24.8 Å². The van der Waals surface area contributed by atoms with Crippen molar-refractivity contribution in [1.29, 1.82) is 0 Å². The van der Waals surface area contributed by atoms with E-state index in [1.807, 2.05) is 0 Å². The Kier molecular flexibility index (Phi) is 14.4. The Morgan fingerprint density at radius 1 is 0.923 bits per heavy atom. The summed E-state index contributed by atoms with van der Waals surface area (Å²) in [5.41, 5.74) is 0.822. The highest BCUT2D eigenvalue weighted by Gasteiger charge is 2.43. The van der Waals surface area contributed by atoms with Crippen molar-refractivity contribution in [2.24, 2.45) is 0 Å². The van der Waals surface area contributed by atoms with Crippen molar-refractivity contribution in [3.05, 3.63) is 41.3 Å². The lowest BCUT2D eigenvalue weighted by Gasteiger charge is -2.17. The highest BCUT2D eigenvalue weighted by molar-refractivity contribution is 7.86. The first kappa shape index (κ1) is 32.6. The highest BCUT2D eigenvalue weighted by atomic mass is 32.2. The van der Waals surface area contributed by atoms with Gasteiger partial charge in [-0.3, -0.25) is 4.79 Å². The number of aliphatic hydroxyl groups excluding tert-OH is 2. The van der Waals surface area contributed by atoms with E-state index < -0.39 is 52.4 Å². The number of esters is 2. The number of cyclic esters (lactones) is 1. The van der Waals surface area contributed by atoms with Crippen LogP contribution in [0.25, 0.3) is 0 Å².